The van der Waals surface area contributed by atoms with Crippen molar-refractivity contribution in [3.05, 3.63) is 61.0 Å². The summed E-state index contributed by atoms with van der Waals surface area (Å²) in [5, 5.41) is -0.254. The topological polar surface area (TPSA) is 102 Å². The second-order valence-electron chi connectivity index (χ2n) is 7.66. The molecule has 2 aromatic carbocycles. The number of esters is 1. The maximum Gasteiger partial charge on any atom is 0.345 e. The third kappa shape index (κ3) is 5.85. The van der Waals surface area contributed by atoms with Crippen LogP contribution in [0.15, 0.2) is 41.3 Å². The highest BCUT2D eigenvalue weighted by Gasteiger charge is 2.37. The van der Waals surface area contributed by atoms with E-state index >= 15 is 0 Å². The molecule has 0 N–H and O–H groups in total. The lowest BCUT2D eigenvalue weighted by Gasteiger charge is -2.28. The number of carbonyl (C=O) groups excluding carboxylic acids is 4. The van der Waals surface area contributed by atoms with Gasteiger partial charge in [0.1, 0.15) is 6.54 Å². The van der Waals surface area contributed by atoms with E-state index in [0.717, 1.165) is 16.7 Å². The summed E-state index contributed by atoms with van der Waals surface area (Å²) < 4.78 is 16.7. The number of amides is 3. The van der Waals surface area contributed by atoms with Crippen molar-refractivity contribution in [3.63, 3.8) is 0 Å². The summed E-state index contributed by atoms with van der Waals surface area (Å²) in [7, 11) is 1.42. The Morgan fingerprint density at radius 3 is 2.61 bits per heavy atom. The highest BCUT2D eigenvalue weighted by atomic mass is 127. The molecule has 0 bridgehead atoms. The number of morpholine rings is 1. The van der Waals surface area contributed by atoms with Crippen LogP contribution in [0.3, 0.4) is 0 Å². The summed E-state index contributed by atoms with van der Waals surface area (Å²) in [5.74, 6) is -1.03. The number of methoxy groups -OCH3 is 1. The average molecular weight is 643 g/mol. The molecule has 2 fully saturated rings. The fraction of sp³-hybridized carbons (Fsp3) is 0.250. The zero-order valence-corrected chi connectivity index (χ0v) is 22.7. The number of carbonyl (C=O) groups is 4. The molecule has 2 aromatic rings. The predicted molar refractivity (Wildman–Crippen MR) is 142 cm³/mol. The molecule has 2 aliphatic heterocycles. The number of thioether (sulfide) groups is 1. The van der Waals surface area contributed by atoms with Crippen LogP contribution in [0, 0.1) is 3.57 Å². The second kappa shape index (κ2) is 11.6. The molecule has 9 nitrogen and oxygen atoms in total. The molecule has 0 aliphatic carbocycles. The van der Waals surface area contributed by atoms with Gasteiger partial charge in [-0.05, 0) is 70.3 Å². The van der Waals surface area contributed by atoms with E-state index < -0.39 is 17.1 Å². The number of rotatable bonds is 6. The van der Waals surface area contributed by atoms with Crippen LogP contribution in [0.5, 0.6) is 11.5 Å². The van der Waals surface area contributed by atoms with E-state index in [1.807, 2.05) is 22.6 Å². The molecular weight excluding hydrogens is 623 g/mol. The standard InChI is InChI=1S/C24H20ClIN2O7S/c1-33-18-11-14(10-17(26)21(18)35-23(31)15-4-2-3-5-16(15)25)12-19-22(30)28(24(32)36-19)13-20(29)27-6-8-34-9-7-27/h2-5,10-12H,6-9,13H2,1H3/b19-12-. The normalized spacial score (nSPS) is 17.0. The van der Waals surface area contributed by atoms with Crippen molar-refractivity contribution in [2.24, 2.45) is 0 Å². The number of hydrogen-bond donors (Lipinski definition) is 0. The van der Waals surface area contributed by atoms with Gasteiger partial charge in [0.15, 0.2) is 11.5 Å². The number of nitrogens with zero attached hydrogens (tertiary/aromatic N) is 2. The highest BCUT2D eigenvalue weighted by Crippen LogP contribution is 2.38. The molecule has 4 rings (SSSR count). The molecule has 0 spiro atoms. The molecule has 3 amide bonds. The van der Waals surface area contributed by atoms with E-state index in [2.05, 4.69) is 0 Å². The largest absolute Gasteiger partial charge is 0.493 e. The number of imide groups is 1. The second-order valence-corrected chi connectivity index (χ2v) is 10.2. The van der Waals surface area contributed by atoms with Gasteiger partial charge in [0, 0.05) is 13.1 Å². The maximum atomic E-state index is 12.9. The van der Waals surface area contributed by atoms with Crippen LogP contribution in [0.2, 0.25) is 5.02 Å². The predicted octanol–water partition coefficient (Wildman–Crippen LogP) is 4.07. The Morgan fingerprint density at radius 2 is 1.92 bits per heavy atom. The highest BCUT2D eigenvalue weighted by molar-refractivity contribution is 14.1. The minimum absolute atomic E-state index is 0.174. The molecule has 2 saturated heterocycles. The molecule has 36 heavy (non-hydrogen) atoms. The zero-order chi connectivity index (χ0) is 25.8. The number of hydrogen-bond acceptors (Lipinski definition) is 8. The Kier molecular flexibility index (Phi) is 8.54. The van der Waals surface area contributed by atoms with E-state index in [4.69, 9.17) is 25.8 Å². The molecule has 0 saturated carbocycles. The Balaban J connectivity index is 1.52. The Labute approximate surface area is 229 Å². The summed E-state index contributed by atoms with van der Waals surface area (Å²) in [6.45, 7) is 1.39. The molecule has 188 valence electrons. The van der Waals surface area contributed by atoms with Crippen LogP contribution < -0.4 is 9.47 Å². The molecule has 12 heteroatoms. The van der Waals surface area contributed by atoms with Crippen molar-refractivity contribution in [2.45, 2.75) is 0 Å². The van der Waals surface area contributed by atoms with E-state index in [0.29, 0.717) is 35.4 Å². The minimum atomic E-state index is -0.643. The summed E-state index contributed by atoms with van der Waals surface area (Å²) in [6.07, 6.45) is 1.54. The van der Waals surface area contributed by atoms with Gasteiger partial charge in [-0.3, -0.25) is 19.3 Å². The van der Waals surface area contributed by atoms with Gasteiger partial charge in [-0.1, -0.05) is 23.7 Å². The van der Waals surface area contributed by atoms with Gasteiger partial charge in [0.25, 0.3) is 11.1 Å². The minimum Gasteiger partial charge on any atom is -0.493 e. The average Bonchev–Trinajstić information content (AvgIpc) is 3.13. The first-order valence-corrected chi connectivity index (χ1v) is 13.0. The van der Waals surface area contributed by atoms with Crippen LogP contribution >= 0.6 is 46.0 Å². The van der Waals surface area contributed by atoms with Crippen molar-refractivity contribution >= 4 is 75.1 Å². The van der Waals surface area contributed by atoms with Crippen molar-refractivity contribution in [2.75, 3.05) is 40.0 Å². The van der Waals surface area contributed by atoms with Crippen molar-refractivity contribution < 1.29 is 33.4 Å². The third-order valence-electron chi connectivity index (χ3n) is 5.37. The number of benzene rings is 2. The number of halogens is 2. The van der Waals surface area contributed by atoms with Crippen LogP contribution in [0.1, 0.15) is 15.9 Å². The van der Waals surface area contributed by atoms with Gasteiger partial charge in [0.2, 0.25) is 5.91 Å². The van der Waals surface area contributed by atoms with Crippen molar-refractivity contribution in [1.82, 2.24) is 9.80 Å². The van der Waals surface area contributed by atoms with Crippen LogP contribution in [0.25, 0.3) is 6.08 Å². The van der Waals surface area contributed by atoms with Crippen molar-refractivity contribution in [1.29, 1.82) is 0 Å². The van der Waals surface area contributed by atoms with E-state index in [1.54, 1.807) is 41.3 Å². The summed E-state index contributed by atoms with van der Waals surface area (Å²) in [4.78, 5) is 53.2. The first-order chi connectivity index (χ1) is 17.3. The molecule has 0 atom stereocenters. The lowest BCUT2D eigenvalue weighted by atomic mass is 10.1. The van der Waals surface area contributed by atoms with Gasteiger partial charge in [0.05, 0.1) is 39.4 Å². The molecular formula is C24H20ClIN2O7S. The lowest BCUT2D eigenvalue weighted by Crippen LogP contribution is -2.46. The van der Waals surface area contributed by atoms with Gasteiger partial charge in [-0.25, -0.2) is 4.79 Å². The summed E-state index contributed by atoms with van der Waals surface area (Å²) in [6, 6.07) is 9.80. The zero-order valence-electron chi connectivity index (χ0n) is 19.0. The molecule has 2 heterocycles. The summed E-state index contributed by atoms with van der Waals surface area (Å²) in [5.41, 5.74) is 0.764. The Morgan fingerprint density at radius 1 is 1.19 bits per heavy atom. The quantitative estimate of drug-likeness (QED) is 0.201. The maximum absolute atomic E-state index is 12.9. The first-order valence-electron chi connectivity index (χ1n) is 10.7. The van der Waals surface area contributed by atoms with Gasteiger partial charge in [-0.2, -0.15) is 0 Å². The first kappa shape index (κ1) is 26.5. The SMILES string of the molecule is COc1cc(/C=C2\SC(=O)N(CC(=O)N3CCOCC3)C2=O)cc(I)c1OC(=O)c1ccccc1Cl. The molecule has 0 aromatic heterocycles. The molecule has 0 radical (unpaired) electrons. The molecule has 2 aliphatic rings. The van der Waals surface area contributed by atoms with Crippen LogP contribution in [0.4, 0.5) is 4.79 Å². The molecule has 0 unspecified atom stereocenters. The van der Waals surface area contributed by atoms with Crippen LogP contribution in [-0.4, -0.2) is 72.8 Å². The van der Waals surface area contributed by atoms with E-state index in [9.17, 15) is 19.2 Å². The Bertz CT molecular complexity index is 1260. The Hall–Kier alpha value is -2.61. The van der Waals surface area contributed by atoms with Crippen LogP contribution in [-0.2, 0) is 14.3 Å². The monoisotopic (exact) mass is 642 g/mol. The lowest BCUT2D eigenvalue weighted by molar-refractivity contribution is -0.139. The van der Waals surface area contributed by atoms with Gasteiger partial charge in [-0.15, -0.1) is 0 Å². The van der Waals surface area contributed by atoms with E-state index in [1.165, 1.54) is 13.2 Å². The smallest absolute Gasteiger partial charge is 0.345 e. The fourth-order valence-electron chi connectivity index (χ4n) is 3.53. The summed E-state index contributed by atoms with van der Waals surface area (Å²) >= 11 is 8.84. The number of ether oxygens (including phenoxy) is 3. The van der Waals surface area contributed by atoms with E-state index in [-0.39, 0.29) is 39.4 Å². The van der Waals surface area contributed by atoms with Gasteiger partial charge < -0.3 is 19.1 Å². The third-order valence-corrected chi connectivity index (χ3v) is 7.41. The fourth-order valence-corrected chi connectivity index (χ4v) is 5.32. The van der Waals surface area contributed by atoms with Gasteiger partial charge >= 0.3 is 5.97 Å². The van der Waals surface area contributed by atoms with Crippen molar-refractivity contribution in [3.8, 4) is 11.5 Å².